The van der Waals surface area contributed by atoms with Crippen molar-refractivity contribution in [3.05, 3.63) is 0 Å². The zero-order chi connectivity index (χ0) is 12.1. The molecule has 94 valence electrons. The highest BCUT2D eigenvalue weighted by Crippen LogP contribution is 2.19. The van der Waals surface area contributed by atoms with Crippen molar-refractivity contribution in [3.63, 3.8) is 0 Å². The third-order valence-corrected chi connectivity index (χ3v) is 3.60. The average molecular weight is 226 g/mol. The number of hydrogen-bond acceptors (Lipinski definition) is 2. The Bertz CT molecular complexity index is 212. The maximum absolute atomic E-state index is 11.8. The van der Waals surface area contributed by atoms with Crippen LogP contribution in [0.1, 0.15) is 40.5 Å². The van der Waals surface area contributed by atoms with Crippen LogP contribution in [0, 0.1) is 17.8 Å². The van der Waals surface area contributed by atoms with Gasteiger partial charge in [0.15, 0.2) is 0 Å². The second kappa shape index (κ2) is 6.24. The quantitative estimate of drug-likeness (QED) is 0.750. The zero-order valence-corrected chi connectivity index (χ0v) is 11.0. The molecule has 1 heterocycles. The first-order valence-corrected chi connectivity index (χ1v) is 6.53. The smallest absolute Gasteiger partial charge is 0.237 e. The molecule has 1 amide bonds. The molecule has 0 spiro atoms. The molecule has 1 saturated heterocycles. The monoisotopic (exact) mass is 226 g/mol. The first kappa shape index (κ1) is 13.5. The number of hydrogen-bond donors (Lipinski definition) is 2. The molecule has 0 unspecified atom stereocenters. The highest BCUT2D eigenvalue weighted by atomic mass is 16.2. The van der Waals surface area contributed by atoms with Gasteiger partial charge in [0.25, 0.3) is 0 Å². The van der Waals surface area contributed by atoms with E-state index < -0.39 is 0 Å². The van der Waals surface area contributed by atoms with Gasteiger partial charge in [-0.3, -0.25) is 4.79 Å². The molecule has 1 atom stereocenters. The molecule has 1 rings (SSSR count). The fourth-order valence-electron chi connectivity index (χ4n) is 2.49. The van der Waals surface area contributed by atoms with Gasteiger partial charge in [-0.15, -0.1) is 0 Å². The first-order chi connectivity index (χ1) is 7.52. The van der Waals surface area contributed by atoms with Gasteiger partial charge < -0.3 is 10.6 Å². The van der Waals surface area contributed by atoms with Gasteiger partial charge in [0.05, 0.1) is 6.04 Å². The summed E-state index contributed by atoms with van der Waals surface area (Å²) in [5.41, 5.74) is 0. The summed E-state index contributed by atoms with van der Waals surface area (Å²) in [5, 5.41) is 6.31. The number of amides is 1. The molecule has 3 heteroatoms. The van der Waals surface area contributed by atoms with E-state index in [0.717, 1.165) is 25.9 Å². The van der Waals surface area contributed by atoms with Gasteiger partial charge in [0.2, 0.25) is 5.91 Å². The van der Waals surface area contributed by atoms with Crippen LogP contribution in [0.3, 0.4) is 0 Å². The summed E-state index contributed by atoms with van der Waals surface area (Å²) in [5.74, 6) is 2.00. The van der Waals surface area contributed by atoms with Gasteiger partial charge in [-0.2, -0.15) is 0 Å². The van der Waals surface area contributed by atoms with E-state index >= 15 is 0 Å². The largest absolute Gasteiger partial charge is 0.354 e. The van der Waals surface area contributed by atoms with E-state index in [9.17, 15) is 4.79 Å². The summed E-state index contributed by atoms with van der Waals surface area (Å²) < 4.78 is 0. The van der Waals surface area contributed by atoms with Crippen molar-refractivity contribution >= 4 is 5.91 Å². The van der Waals surface area contributed by atoms with Crippen LogP contribution in [-0.4, -0.2) is 25.0 Å². The van der Waals surface area contributed by atoms with E-state index in [2.05, 4.69) is 38.3 Å². The summed E-state index contributed by atoms with van der Waals surface area (Å²) in [6, 6.07) is 0.0555. The molecule has 0 radical (unpaired) electrons. The van der Waals surface area contributed by atoms with E-state index in [4.69, 9.17) is 0 Å². The molecule has 0 aromatic rings. The average Bonchev–Trinajstić information content (AvgIpc) is 2.69. The fourth-order valence-corrected chi connectivity index (χ4v) is 2.49. The SMILES string of the molecule is CC(C)C(CNC(=O)[C@@H]1CCCN1)C(C)C. The minimum absolute atomic E-state index is 0.0555. The second-order valence-electron chi connectivity index (χ2n) is 5.55. The van der Waals surface area contributed by atoms with Crippen LogP contribution in [0.2, 0.25) is 0 Å². The molecule has 0 saturated carbocycles. The van der Waals surface area contributed by atoms with Gasteiger partial charge in [0, 0.05) is 6.54 Å². The molecule has 1 fully saturated rings. The molecule has 0 aromatic heterocycles. The second-order valence-corrected chi connectivity index (χ2v) is 5.55. The summed E-state index contributed by atoms with van der Waals surface area (Å²) in [6.45, 7) is 10.7. The topological polar surface area (TPSA) is 41.1 Å². The Kier molecular flexibility index (Phi) is 5.26. The molecular formula is C13H26N2O. The molecule has 3 nitrogen and oxygen atoms in total. The number of carbonyl (C=O) groups is 1. The maximum Gasteiger partial charge on any atom is 0.237 e. The van der Waals surface area contributed by atoms with Crippen LogP contribution in [-0.2, 0) is 4.79 Å². The normalized spacial score (nSPS) is 21.1. The van der Waals surface area contributed by atoms with Crippen molar-refractivity contribution in [2.24, 2.45) is 17.8 Å². The third-order valence-electron chi connectivity index (χ3n) is 3.60. The summed E-state index contributed by atoms with van der Waals surface area (Å²) in [4.78, 5) is 11.8. The first-order valence-electron chi connectivity index (χ1n) is 6.53. The molecule has 0 aliphatic carbocycles. The summed E-state index contributed by atoms with van der Waals surface area (Å²) >= 11 is 0. The van der Waals surface area contributed by atoms with Crippen LogP contribution >= 0.6 is 0 Å². The van der Waals surface area contributed by atoms with Crippen LogP contribution < -0.4 is 10.6 Å². The van der Waals surface area contributed by atoms with Gasteiger partial charge in [0.1, 0.15) is 0 Å². The van der Waals surface area contributed by atoms with E-state index in [1.54, 1.807) is 0 Å². The number of rotatable bonds is 5. The number of carbonyl (C=O) groups excluding carboxylic acids is 1. The lowest BCUT2D eigenvalue weighted by atomic mass is 9.85. The van der Waals surface area contributed by atoms with Crippen molar-refractivity contribution in [1.29, 1.82) is 0 Å². The summed E-state index contributed by atoms with van der Waals surface area (Å²) in [7, 11) is 0. The molecule has 16 heavy (non-hydrogen) atoms. The van der Waals surface area contributed by atoms with Crippen molar-refractivity contribution in [1.82, 2.24) is 10.6 Å². The lowest BCUT2D eigenvalue weighted by Crippen LogP contribution is -2.43. The highest BCUT2D eigenvalue weighted by Gasteiger charge is 2.24. The highest BCUT2D eigenvalue weighted by molar-refractivity contribution is 5.81. The predicted molar refractivity (Wildman–Crippen MR) is 67.2 cm³/mol. The Labute approximate surface area is 99.4 Å². The molecule has 0 bridgehead atoms. The van der Waals surface area contributed by atoms with Gasteiger partial charge in [-0.25, -0.2) is 0 Å². The van der Waals surface area contributed by atoms with Crippen LogP contribution in [0.4, 0.5) is 0 Å². The van der Waals surface area contributed by atoms with Crippen LogP contribution in [0.15, 0.2) is 0 Å². The van der Waals surface area contributed by atoms with Crippen molar-refractivity contribution in [2.75, 3.05) is 13.1 Å². The van der Waals surface area contributed by atoms with Crippen LogP contribution in [0.5, 0.6) is 0 Å². The van der Waals surface area contributed by atoms with Crippen molar-refractivity contribution in [2.45, 2.75) is 46.6 Å². The Morgan fingerprint density at radius 1 is 1.31 bits per heavy atom. The fraction of sp³-hybridized carbons (Fsp3) is 0.923. The van der Waals surface area contributed by atoms with E-state index in [1.165, 1.54) is 0 Å². The molecule has 2 N–H and O–H groups in total. The van der Waals surface area contributed by atoms with E-state index in [-0.39, 0.29) is 11.9 Å². The molecule has 1 aliphatic heterocycles. The van der Waals surface area contributed by atoms with Crippen molar-refractivity contribution < 1.29 is 4.79 Å². The summed E-state index contributed by atoms with van der Waals surface area (Å²) in [6.07, 6.45) is 2.11. The Hall–Kier alpha value is -0.570. The van der Waals surface area contributed by atoms with E-state index in [1.807, 2.05) is 0 Å². The third kappa shape index (κ3) is 3.78. The number of nitrogens with one attached hydrogen (secondary N) is 2. The van der Waals surface area contributed by atoms with Gasteiger partial charge >= 0.3 is 0 Å². The lowest BCUT2D eigenvalue weighted by Gasteiger charge is -2.25. The van der Waals surface area contributed by atoms with Crippen molar-refractivity contribution in [3.8, 4) is 0 Å². The Balaban J connectivity index is 2.33. The Morgan fingerprint density at radius 2 is 1.94 bits per heavy atom. The zero-order valence-electron chi connectivity index (χ0n) is 11.0. The Morgan fingerprint density at radius 3 is 2.38 bits per heavy atom. The minimum atomic E-state index is 0.0555. The predicted octanol–water partition coefficient (Wildman–Crippen LogP) is 1.78. The van der Waals surface area contributed by atoms with E-state index in [0.29, 0.717) is 17.8 Å². The molecule has 1 aliphatic rings. The lowest BCUT2D eigenvalue weighted by molar-refractivity contribution is -0.123. The van der Waals surface area contributed by atoms with Gasteiger partial charge in [-0.1, -0.05) is 27.7 Å². The van der Waals surface area contributed by atoms with Crippen LogP contribution in [0.25, 0.3) is 0 Å². The minimum Gasteiger partial charge on any atom is -0.354 e. The molecular weight excluding hydrogens is 200 g/mol. The van der Waals surface area contributed by atoms with Gasteiger partial charge in [-0.05, 0) is 37.1 Å². The molecule has 0 aromatic carbocycles. The standard InChI is InChI=1S/C13H26N2O/c1-9(2)11(10(3)4)8-15-13(16)12-6-5-7-14-12/h9-12,14H,5-8H2,1-4H3,(H,15,16)/t12-/m0/s1. The maximum atomic E-state index is 11.8.